The minimum Gasteiger partial charge on any atom is -0.368 e. The summed E-state index contributed by atoms with van der Waals surface area (Å²) in [4.78, 5) is 12.7. The zero-order valence-corrected chi connectivity index (χ0v) is 12.6. The molecule has 3 rings (SSSR count). The fourth-order valence-electron chi connectivity index (χ4n) is 2.84. The first kappa shape index (κ1) is 13.8. The van der Waals surface area contributed by atoms with E-state index in [2.05, 4.69) is 45.4 Å². The van der Waals surface area contributed by atoms with E-state index >= 15 is 0 Å². The fourth-order valence-corrected chi connectivity index (χ4v) is 2.84. The van der Waals surface area contributed by atoms with Crippen molar-refractivity contribution in [2.75, 3.05) is 11.1 Å². The first-order valence-corrected chi connectivity index (χ1v) is 7.58. The largest absolute Gasteiger partial charge is 0.368 e. The van der Waals surface area contributed by atoms with Gasteiger partial charge in [0.25, 0.3) is 0 Å². The van der Waals surface area contributed by atoms with Gasteiger partial charge < -0.3 is 11.1 Å². The molecule has 1 aliphatic rings. The Kier molecular flexibility index (Phi) is 3.73. The van der Waals surface area contributed by atoms with Gasteiger partial charge in [-0.25, -0.2) is 0 Å². The predicted octanol–water partition coefficient (Wildman–Crippen LogP) is 2.68. The maximum Gasteiger partial charge on any atom is 0.228 e. The molecule has 21 heavy (non-hydrogen) atoms. The smallest absolute Gasteiger partial charge is 0.228 e. The molecule has 2 aromatic rings. The molecule has 3 N–H and O–H groups in total. The van der Waals surface area contributed by atoms with Gasteiger partial charge in [-0.3, -0.25) is 0 Å². The van der Waals surface area contributed by atoms with Gasteiger partial charge >= 0.3 is 0 Å². The molecule has 1 aromatic carbocycles. The number of rotatable bonds is 4. The van der Waals surface area contributed by atoms with Crippen LogP contribution < -0.4 is 11.1 Å². The van der Waals surface area contributed by atoms with E-state index in [1.165, 1.54) is 16.7 Å². The highest BCUT2D eigenvalue weighted by molar-refractivity contribution is 5.43. The van der Waals surface area contributed by atoms with E-state index in [9.17, 15) is 0 Å². The van der Waals surface area contributed by atoms with Gasteiger partial charge in [0.15, 0.2) is 0 Å². The predicted molar refractivity (Wildman–Crippen MR) is 84.1 cm³/mol. The van der Waals surface area contributed by atoms with Gasteiger partial charge in [-0.2, -0.15) is 15.0 Å². The van der Waals surface area contributed by atoms with Gasteiger partial charge in [0.2, 0.25) is 11.9 Å². The van der Waals surface area contributed by atoms with Gasteiger partial charge in [-0.15, -0.1) is 0 Å². The monoisotopic (exact) mass is 283 g/mol. The second-order valence-corrected chi connectivity index (χ2v) is 5.41. The van der Waals surface area contributed by atoms with Crippen molar-refractivity contribution < 1.29 is 0 Å². The topological polar surface area (TPSA) is 76.7 Å². The normalized spacial score (nSPS) is 16.8. The number of nitrogens with two attached hydrogens (primary N) is 1. The summed E-state index contributed by atoms with van der Waals surface area (Å²) in [5, 5.41) is 3.42. The number of aromatic nitrogens is 3. The Labute approximate surface area is 125 Å². The number of hydrogen-bond donors (Lipinski definition) is 2. The van der Waals surface area contributed by atoms with Crippen LogP contribution in [-0.4, -0.2) is 15.0 Å². The Morgan fingerprint density at radius 3 is 2.81 bits per heavy atom. The molecule has 0 aliphatic heterocycles. The van der Waals surface area contributed by atoms with Crippen molar-refractivity contribution in [3.8, 4) is 0 Å². The fraction of sp³-hybridized carbons (Fsp3) is 0.438. The van der Waals surface area contributed by atoms with Crippen LogP contribution in [0.4, 0.5) is 11.9 Å². The van der Waals surface area contributed by atoms with Crippen LogP contribution in [0.1, 0.15) is 48.8 Å². The Hall–Kier alpha value is -2.17. The first-order chi connectivity index (χ1) is 10.2. The second-order valence-electron chi connectivity index (χ2n) is 5.41. The van der Waals surface area contributed by atoms with Crippen LogP contribution in [0, 0.1) is 0 Å². The lowest BCUT2D eigenvalue weighted by molar-refractivity contribution is 0.744. The van der Waals surface area contributed by atoms with Crippen molar-refractivity contribution in [3.63, 3.8) is 0 Å². The van der Waals surface area contributed by atoms with Crippen molar-refractivity contribution in [3.05, 3.63) is 40.7 Å². The van der Waals surface area contributed by atoms with Gasteiger partial charge in [0.1, 0.15) is 5.82 Å². The number of aryl methyl sites for hydroxylation is 3. The number of nitrogens with one attached hydrogen (secondary N) is 1. The van der Waals surface area contributed by atoms with Crippen LogP contribution >= 0.6 is 0 Å². The second kappa shape index (κ2) is 5.68. The standard InChI is InChI=1S/C16H21N5/c1-3-10-5-6-11-7-8-13(12(11)9-10)18-16-20-14(4-2)19-15(17)21-16/h5-6,9,13H,3-4,7-8H2,1-2H3,(H3,17,18,19,20,21)/t13-/m1/s1. The Morgan fingerprint density at radius 2 is 2.05 bits per heavy atom. The van der Waals surface area contributed by atoms with Crippen molar-refractivity contribution in [1.82, 2.24) is 15.0 Å². The zero-order valence-electron chi connectivity index (χ0n) is 12.6. The number of nitrogens with zero attached hydrogens (tertiary/aromatic N) is 3. The number of fused-ring (bicyclic) bond motifs is 1. The van der Waals surface area contributed by atoms with Crippen LogP contribution in [-0.2, 0) is 19.3 Å². The number of hydrogen-bond acceptors (Lipinski definition) is 5. The summed E-state index contributed by atoms with van der Waals surface area (Å²) in [6, 6.07) is 7.02. The van der Waals surface area contributed by atoms with E-state index in [4.69, 9.17) is 5.73 Å². The molecular weight excluding hydrogens is 262 g/mol. The molecule has 5 nitrogen and oxygen atoms in total. The zero-order chi connectivity index (χ0) is 14.8. The van der Waals surface area contributed by atoms with Crippen molar-refractivity contribution in [2.24, 2.45) is 0 Å². The van der Waals surface area contributed by atoms with E-state index in [1.54, 1.807) is 0 Å². The molecular formula is C16H21N5. The summed E-state index contributed by atoms with van der Waals surface area (Å²) >= 11 is 0. The third-order valence-corrected chi connectivity index (χ3v) is 4.01. The molecule has 0 radical (unpaired) electrons. The van der Waals surface area contributed by atoms with E-state index in [1.807, 2.05) is 6.92 Å². The maximum absolute atomic E-state index is 5.75. The molecule has 1 atom stereocenters. The molecule has 0 saturated heterocycles. The quantitative estimate of drug-likeness (QED) is 0.902. The van der Waals surface area contributed by atoms with Gasteiger partial charge in [-0.1, -0.05) is 32.0 Å². The molecule has 0 saturated carbocycles. The summed E-state index contributed by atoms with van der Waals surface area (Å²) in [6.07, 6.45) is 3.97. The minimum absolute atomic E-state index is 0.262. The molecule has 1 aliphatic carbocycles. The van der Waals surface area contributed by atoms with Crippen LogP contribution in [0.25, 0.3) is 0 Å². The molecule has 0 unspecified atom stereocenters. The molecule has 5 heteroatoms. The molecule has 0 bridgehead atoms. The van der Waals surface area contributed by atoms with Crippen LogP contribution in [0.2, 0.25) is 0 Å². The van der Waals surface area contributed by atoms with Gasteiger partial charge in [-0.05, 0) is 36.0 Å². The van der Waals surface area contributed by atoms with Gasteiger partial charge in [0, 0.05) is 6.42 Å². The van der Waals surface area contributed by atoms with E-state index < -0.39 is 0 Å². The molecule has 0 fully saturated rings. The summed E-state index contributed by atoms with van der Waals surface area (Å²) in [7, 11) is 0. The number of nitrogen functional groups attached to an aromatic ring is 1. The summed E-state index contributed by atoms with van der Waals surface area (Å²) < 4.78 is 0. The highest BCUT2D eigenvalue weighted by atomic mass is 15.2. The molecule has 0 spiro atoms. The van der Waals surface area contributed by atoms with Gasteiger partial charge in [0.05, 0.1) is 6.04 Å². The van der Waals surface area contributed by atoms with E-state index in [0.29, 0.717) is 5.95 Å². The minimum atomic E-state index is 0.262. The molecule has 0 amide bonds. The Morgan fingerprint density at radius 1 is 1.19 bits per heavy atom. The first-order valence-electron chi connectivity index (χ1n) is 7.58. The van der Waals surface area contributed by atoms with Crippen LogP contribution in [0.5, 0.6) is 0 Å². The average Bonchev–Trinajstić information content (AvgIpc) is 2.88. The summed E-state index contributed by atoms with van der Waals surface area (Å²) in [6.45, 7) is 4.19. The van der Waals surface area contributed by atoms with Crippen LogP contribution in [0.3, 0.4) is 0 Å². The summed E-state index contributed by atoms with van der Waals surface area (Å²) in [5.74, 6) is 1.59. The lowest BCUT2D eigenvalue weighted by atomic mass is 10.0. The van der Waals surface area contributed by atoms with Crippen molar-refractivity contribution in [1.29, 1.82) is 0 Å². The lowest BCUT2D eigenvalue weighted by Crippen LogP contribution is -2.13. The number of anilines is 2. The third kappa shape index (κ3) is 2.82. The highest BCUT2D eigenvalue weighted by Gasteiger charge is 2.23. The van der Waals surface area contributed by atoms with E-state index in [0.717, 1.165) is 31.5 Å². The molecule has 1 aromatic heterocycles. The maximum atomic E-state index is 5.75. The lowest BCUT2D eigenvalue weighted by Gasteiger charge is -2.15. The number of benzene rings is 1. The SMILES string of the molecule is CCc1ccc2c(c1)[C@H](Nc1nc(N)nc(CC)n1)CC2. The van der Waals surface area contributed by atoms with E-state index in [-0.39, 0.29) is 12.0 Å². The Bertz CT molecular complexity index is 653. The molecule has 1 heterocycles. The van der Waals surface area contributed by atoms with Crippen molar-refractivity contribution >= 4 is 11.9 Å². The van der Waals surface area contributed by atoms with Crippen LogP contribution in [0.15, 0.2) is 18.2 Å². The average molecular weight is 283 g/mol. The van der Waals surface area contributed by atoms with Crippen molar-refractivity contribution in [2.45, 2.75) is 45.6 Å². The third-order valence-electron chi connectivity index (χ3n) is 4.01. The Balaban J connectivity index is 1.86. The molecule has 110 valence electrons. The summed E-state index contributed by atoms with van der Waals surface area (Å²) in [5.41, 5.74) is 9.90. The highest BCUT2D eigenvalue weighted by Crippen LogP contribution is 2.34.